The van der Waals surface area contributed by atoms with Gasteiger partial charge in [0.05, 0.1) is 0 Å². The van der Waals surface area contributed by atoms with Gasteiger partial charge in [-0.1, -0.05) is 30.0 Å². The number of aromatic nitrogens is 4. The Balaban J connectivity index is 1.62. The summed E-state index contributed by atoms with van der Waals surface area (Å²) in [4.78, 5) is 24.9. The van der Waals surface area contributed by atoms with Crippen LogP contribution in [0.2, 0.25) is 0 Å². The first-order valence-electron chi connectivity index (χ1n) is 9.92. The van der Waals surface area contributed by atoms with E-state index in [0.29, 0.717) is 0 Å². The molecule has 2 fully saturated rings. The Hall–Kier alpha value is -2.10. The van der Waals surface area contributed by atoms with Crippen LogP contribution in [0.15, 0.2) is 46.6 Å². The number of thioether (sulfide) groups is 1. The molecule has 2 saturated heterocycles. The lowest BCUT2D eigenvalue weighted by Gasteiger charge is -2.31. The number of rotatable bonds is 4. The highest BCUT2D eigenvalue weighted by Crippen LogP contribution is 2.34. The van der Waals surface area contributed by atoms with E-state index < -0.39 is 0 Å². The minimum atomic E-state index is 0.789. The van der Waals surface area contributed by atoms with E-state index in [-0.39, 0.29) is 0 Å². The quantitative estimate of drug-likeness (QED) is 0.635. The second-order valence-corrected chi connectivity index (χ2v) is 9.26. The Morgan fingerprint density at radius 2 is 1.66 bits per heavy atom. The third-order valence-corrected chi connectivity index (χ3v) is 7.03. The molecule has 2 aliphatic heterocycles. The van der Waals surface area contributed by atoms with Crippen LogP contribution in [0.4, 0.5) is 11.8 Å². The average molecular weight is 426 g/mol. The zero-order valence-electron chi connectivity index (χ0n) is 16.1. The molecule has 2 aliphatic rings. The Labute approximate surface area is 178 Å². The zero-order chi connectivity index (χ0) is 19.5. The molecule has 0 atom stereocenters. The van der Waals surface area contributed by atoms with Gasteiger partial charge in [0.2, 0.25) is 5.95 Å². The van der Waals surface area contributed by atoms with Crippen molar-refractivity contribution in [3.8, 4) is 0 Å². The van der Waals surface area contributed by atoms with Crippen LogP contribution >= 0.6 is 23.5 Å². The van der Waals surface area contributed by atoms with Crippen molar-refractivity contribution in [2.75, 3.05) is 60.6 Å². The topological polar surface area (TPSA) is 70.1 Å². The van der Waals surface area contributed by atoms with Gasteiger partial charge in [-0.15, -0.1) is 0 Å². The number of nitrogens with one attached hydrogen (secondary N) is 1. The molecule has 3 aromatic rings. The molecule has 4 heterocycles. The van der Waals surface area contributed by atoms with Gasteiger partial charge in [0.25, 0.3) is 0 Å². The highest BCUT2D eigenvalue weighted by molar-refractivity contribution is 7.99. The van der Waals surface area contributed by atoms with Gasteiger partial charge in [-0.25, -0.2) is 15.0 Å². The summed E-state index contributed by atoms with van der Waals surface area (Å²) in [6.07, 6.45) is 1.64. The molecule has 0 spiro atoms. The van der Waals surface area contributed by atoms with Crippen molar-refractivity contribution < 1.29 is 0 Å². The number of fused-ring (bicyclic) bond motifs is 1. The van der Waals surface area contributed by atoms with Crippen molar-refractivity contribution >= 4 is 46.3 Å². The Kier molecular flexibility index (Phi) is 5.69. The molecule has 0 saturated carbocycles. The van der Waals surface area contributed by atoms with Crippen LogP contribution < -0.4 is 15.1 Å². The Morgan fingerprint density at radius 3 is 2.45 bits per heavy atom. The number of anilines is 2. The van der Waals surface area contributed by atoms with Gasteiger partial charge in [0.1, 0.15) is 22.4 Å². The molecule has 0 amide bonds. The lowest BCUT2D eigenvalue weighted by atomic mass is 10.3. The van der Waals surface area contributed by atoms with E-state index in [4.69, 9.17) is 9.97 Å². The fourth-order valence-electron chi connectivity index (χ4n) is 3.58. The molecule has 1 aromatic carbocycles. The minimum Gasteiger partial charge on any atom is -0.353 e. The first-order chi connectivity index (χ1) is 14.4. The largest absolute Gasteiger partial charge is 0.353 e. The summed E-state index contributed by atoms with van der Waals surface area (Å²) in [6.45, 7) is 5.71. The summed E-state index contributed by atoms with van der Waals surface area (Å²) in [5, 5.41) is 4.29. The number of nitrogens with zero attached hydrogens (tertiary/aromatic N) is 6. The molecule has 1 N–H and O–H groups in total. The van der Waals surface area contributed by atoms with Crippen molar-refractivity contribution in [2.24, 2.45) is 0 Å². The maximum Gasteiger partial charge on any atom is 0.228 e. The van der Waals surface area contributed by atoms with Crippen LogP contribution in [0, 0.1) is 0 Å². The van der Waals surface area contributed by atoms with Gasteiger partial charge in [0.15, 0.2) is 5.82 Å². The third kappa shape index (κ3) is 4.12. The van der Waals surface area contributed by atoms with Crippen LogP contribution in [0.3, 0.4) is 0 Å². The average Bonchev–Trinajstić information content (AvgIpc) is 2.80. The fraction of sp³-hybridized carbons (Fsp3) is 0.400. The molecule has 0 radical (unpaired) electrons. The van der Waals surface area contributed by atoms with Gasteiger partial charge in [-0.2, -0.15) is 16.7 Å². The summed E-state index contributed by atoms with van der Waals surface area (Å²) in [7, 11) is 0. The predicted molar refractivity (Wildman–Crippen MR) is 120 cm³/mol. The third-order valence-electron chi connectivity index (χ3n) is 5.09. The van der Waals surface area contributed by atoms with Crippen molar-refractivity contribution in [1.29, 1.82) is 0 Å². The monoisotopic (exact) mass is 425 g/mol. The highest BCUT2D eigenvalue weighted by Gasteiger charge is 2.23. The van der Waals surface area contributed by atoms with E-state index in [2.05, 4.69) is 37.2 Å². The number of hydrogen-bond acceptors (Lipinski definition) is 9. The van der Waals surface area contributed by atoms with Gasteiger partial charge in [0, 0.05) is 55.7 Å². The highest BCUT2D eigenvalue weighted by atomic mass is 32.2. The van der Waals surface area contributed by atoms with Crippen LogP contribution in [0.25, 0.3) is 11.0 Å². The lowest BCUT2D eigenvalue weighted by Crippen LogP contribution is -2.44. The van der Waals surface area contributed by atoms with E-state index in [1.807, 2.05) is 30.0 Å². The van der Waals surface area contributed by atoms with E-state index >= 15 is 0 Å². The molecular formula is C20H23N7S2. The van der Waals surface area contributed by atoms with Crippen molar-refractivity contribution in [1.82, 2.24) is 25.3 Å². The molecule has 5 rings (SSSR count). The van der Waals surface area contributed by atoms with Crippen LogP contribution in [-0.4, -0.2) is 70.7 Å². The van der Waals surface area contributed by atoms with E-state index in [1.54, 1.807) is 18.1 Å². The summed E-state index contributed by atoms with van der Waals surface area (Å²) >= 11 is 3.63. The summed E-state index contributed by atoms with van der Waals surface area (Å²) < 4.78 is 0. The molecule has 9 heteroatoms. The lowest BCUT2D eigenvalue weighted by molar-refractivity contribution is 0.580. The summed E-state index contributed by atoms with van der Waals surface area (Å²) in [6, 6.07) is 10.3. The molecule has 29 heavy (non-hydrogen) atoms. The standard InChI is InChI=1S/C20H23N7S2/c1-2-4-15(5-3-1)29-19-17-16(22-14-23-19)18(26-10-12-28-13-11-26)25-20(24-17)27-8-6-21-7-9-27/h1-5,14,21H,6-13H2. The molecular weight excluding hydrogens is 402 g/mol. The number of benzene rings is 1. The second kappa shape index (κ2) is 8.73. The van der Waals surface area contributed by atoms with E-state index in [9.17, 15) is 0 Å². The maximum absolute atomic E-state index is 5.00. The fourth-order valence-corrected chi connectivity index (χ4v) is 5.33. The van der Waals surface area contributed by atoms with Crippen molar-refractivity contribution in [3.63, 3.8) is 0 Å². The Morgan fingerprint density at radius 1 is 0.862 bits per heavy atom. The molecule has 0 unspecified atom stereocenters. The zero-order valence-corrected chi connectivity index (χ0v) is 17.8. The second-order valence-electron chi connectivity index (χ2n) is 6.97. The number of hydrogen-bond donors (Lipinski definition) is 1. The summed E-state index contributed by atoms with van der Waals surface area (Å²) in [5.74, 6) is 3.97. The molecule has 7 nitrogen and oxygen atoms in total. The smallest absolute Gasteiger partial charge is 0.228 e. The SMILES string of the molecule is c1ccc(Sc2ncnc3c(N4CCSCC4)nc(N4CCNCC4)nc23)cc1. The van der Waals surface area contributed by atoms with Crippen LogP contribution in [0.5, 0.6) is 0 Å². The van der Waals surface area contributed by atoms with E-state index in [1.165, 1.54) is 0 Å². The minimum absolute atomic E-state index is 0.789. The first-order valence-corrected chi connectivity index (χ1v) is 11.9. The molecule has 150 valence electrons. The normalized spacial score (nSPS) is 17.7. The van der Waals surface area contributed by atoms with Crippen LogP contribution in [-0.2, 0) is 0 Å². The van der Waals surface area contributed by atoms with Crippen LogP contribution in [0.1, 0.15) is 0 Å². The van der Waals surface area contributed by atoms with Crippen molar-refractivity contribution in [3.05, 3.63) is 36.7 Å². The van der Waals surface area contributed by atoms with Gasteiger partial charge in [-0.05, 0) is 12.1 Å². The van der Waals surface area contributed by atoms with Gasteiger partial charge < -0.3 is 15.1 Å². The predicted octanol–water partition coefficient (Wildman–Crippen LogP) is 2.53. The number of piperazine rings is 1. The molecule has 0 aliphatic carbocycles. The first kappa shape index (κ1) is 18.9. The Bertz CT molecular complexity index is 973. The maximum atomic E-state index is 5.00. The van der Waals surface area contributed by atoms with Crippen molar-refractivity contribution in [2.45, 2.75) is 9.92 Å². The van der Waals surface area contributed by atoms with Gasteiger partial charge >= 0.3 is 0 Å². The molecule has 2 aromatic heterocycles. The van der Waals surface area contributed by atoms with E-state index in [0.717, 1.165) is 83.5 Å². The van der Waals surface area contributed by atoms with Gasteiger partial charge in [-0.3, -0.25) is 0 Å². The molecule has 0 bridgehead atoms. The summed E-state index contributed by atoms with van der Waals surface area (Å²) in [5.41, 5.74) is 1.70.